The first kappa shape index (κ1) is 21.4. The maximum atomic E-state index is 12.4. The van der Waals surface area contributed by atoms with Crippen molar-refractivity contribution in [2.45, 2.75) is 13.3 Å². The maximum absolute atomic E-state index is 12.4. The van der Waals surface area contributed by atoms with Crippen molar-refractivity contribution in [3.05, 3.63) is 86.8 Å². The topological polar surface area (TPSA) is 86.9 Å². The molecule has 11 heteroatoms. The lowest BCUT2D eigenvalue weighted by atomic mass is 10.2. The predicted molar refractivity (Wildman–Crippen MR) is 121 cm³/mol. The smallest absolute Gasteiger partial charge is 0.278 e. The van der Waals surface area contributed by atoms with Crippen molar-refractivity contribution in [3.63, 3.8) is 0 Å². The minimum Gasteiger partial charge on any atom is -0.471 e. The summed E-state index contributed by atoms with van der Waals surface area (Å²) in [6, 6.07) is 14.3. The van der Waals surface area contributed by atoms with E-state index in [1.54, 1.807) is 29.1 Å². The van der Waals surface area contributed by atoms with Gasteiger partial charge in [-0.15, -0.1) is 5.10 Å². The summed E-state index contributed by atoms with van der Waals surface area (Å²) in [4.78, 5) is 16.5. The van der Waals surface area contributed by atoms with Crippen LogP contribution >= 0.6 is 39.1 Å². The number of nitrogens with one attached hydrogen (secondary N) is 1. The van der Waals surface area contributed by atoms with Crippen molar-refractivity contribution in [3.8, 4) is 5.75 Å². The number of aromatic nitrogens is 5. The fraction of sp³-hybridized carbons (Fsp3) is 0.100. The SMILES string of the molecule is O=C(Nc1ncn(Cc2ccc(Cl)c(Cl)c2)n1)c1ccn(COc2ccc(Br)cc2)n1. The van der Waals surface area contributed by atoms with Crippen molar-refractivity contribution in [1.82, 2.24) is 24.5 Å². The lowest BCUT2D eigenvalue weighted by molar-refractivity contribution is 0.101. The summed E-state index contributed by atoms with van der Waals surface area (Å²) in [7, 11) is 0. The highest BCUT2D eigenvalue weighted by atomic mass is 79.9. The molecule has 0 atom stereocenters. The Morgan fingerprint density at radius 2 is 1.84 bits per heavy atom. The Labute approximate surface area is 195 Å². The van der Waals surface area contributed by atoms with Crippen LogP contribution in [0.15, 0.2) is 65.5 Å². The molecule has 4 rings (SSSR count). The Bertz CT molecular complexity index is 1210. The van der Waals surface area contributed by atoms with Gasteiger partial charge in [0.05, 0.1) is 16.6 Å². The average molecular weight is 522 g/mol. The molecule has 0 aliphatic heterocycles. The second-order valence-electron chi connectivity index (χ2n) is 6.44. The van der Waals surface area contributed by atoms with Gasteiger partial charge in [-0.3, -0.25) is 10.1 Å². The number of rotatable bonds is 7. The number of hydrogen-bond acceptors (Lipinski definition) is 5. The highest BCUT2D eigenvalue weighted by Gasteiger charge is 2.13. The van der Waals surface area contributed by atoms with Crippen LogP contribution in [0.25, 0.3) is 0 Å². The maximum Gasteiger partial charge on any atom is 0.278 e. The largest absolute Gasteiger partial charge is 0.471 e. The molecule has 0 saturated heterocycles. The number of ether oxygens (including phenoxy) is 1. The van der Waals surface area contributed by atoms with Gasteiger partial charge in [-0.2, -0.15) is 5.10 Å². The Kier molecular flexibility index (Phi) is 6.55. The molecule has 158 valence electrons. The summed E-state index contributed by atoms with van der Waals surface area (Å²) in [6.45, 7) is 0.604. The number of anilines is 1. The standard InChI is InChI=1S/C20H15BrCl2N6O2/c21-14-2-4-15(5-3-14)31-12-28-8-7-18(26-28)19(30)25-20-24-11-29(27-20)10-13-1-6-16(22)17(23)9-13/h1-9,11H,10,12H2,(H,25,27,30). The van der Waals surface area contributed by atoms with E-state index in [1.807, 2.05) is 30.3 Å². The highest BCUT2D eigenvalue weighted by Crippen LogP contribution is 2.23. The molecule has 0 bridgehead atoms. The van der Waals surface area contributed by atoms with Gasteiger partial charge in [0, 0.05) is 10.7 Å². The average Bonchev–Trinajstić information content (AvgIpc) is 3.40. The van der Waals surface area contributed by atoms with Gasteiger partial charge in [-0.25, -0.2) is 14.3 Å². The van der Waals surface area contributed by atoms with E-state index in [1.165, 1.54) is 11.0 Å². The van der Waals surface area contributed by atoms with Crippen LogP contribution in [-0.2, 0) is 13.3 Å². The quantitative estimate of drug-likeness (QED) is 0.374. The Morgan fingerprint density at radius 1 is 1.03 bits per heavy atom. The molecule has 0 aliphatic rings. The molecule has 2 aromatic carbocycles. The van der Waals surface area contributed by atoms with Crippen molar-refractivity contribution < 1.29 is 9.53 Å². The van der Waals surface area contributed by atoms with Crippen LogP contribution in [0.2, 0.25) is 10.0 Å². The van der Waals surface area contributed by atoms with Crippen LogP contribution in [0.4, 0.5) is 5.95 Å². The number of carbonyl (C=O) groups excluding carboxylic acids is 1. The molecule has 0 spiro atoms. The third-order valence-corrected chi connectivity index (χ3v) is 5.41. The minimum atomic E-state index is -0.422. The molecule has 1 N–H and O–H groups in total. The van der Waals surface area contributed by atoms with Crippen LogP contribution in [-0.4, -0.2) is 30.5 Å². The lowest BCUT2D eigenvalue weighted by Gasteiger charge is -2.06. The van der Waals surface area contributed by atoms with Crippen LogP contribution in [0.5, 0.6) is 5.75 Å². The summed E-state index contributed by atoms with van der Waals surface area (Å²) >= 11 is 15.3. The van der Waals surface area contributed by atoms with Crippen molar-refractivity contribution >= 4 is 51.0 Å². The van der Waals surface area contributed by atoms with Gasteiger partial charge >= 0.3 is 0 Å². The highest BCUT2D eigenvalue weighted by molar-refractivity contribution is 9.10. The number of benzene rings is 2. The van der Waals surface area contributed by atoms with Crippen LogP contribution in [0, 0.1) is 0 Å². The second-order valence-corrected chi connectivity index (χ2v) is 8.17. The van der Waals surface area contributed by atoms with Gasteiger partial charge in [0.15, 0.2) is 12.4 Å². The van der Waals surface area contributed by atoms with E-state index >= 15 is 0 Å². The molecule has 4 aromatic rings. The molecular formula is C20H15BrCl2N6O2. The Balaban J connectivity index is 1.33. The van der Waals surface area contributed by atoms with Crippen molar-refractivity contribution in [2.75, 3.05) is 5.32 Å². The molecule has 31 heavy (non-hydrogen) atoms. The van der Waals surface area contributed by atoms with E-state index in [-0.39, 0.29) is 18.4 Å². The fourth-order valence-electron chi connectivity index (χ4n) is 2.64. The molecule has 0 fully saturated rings. The molecule has 0 aliphatic carbocycles. The molecule has 0 unspecified atom stereocenters. The number of amides is 1. The minimum absolute atomic E-state index is 0.172. The Morgan fingerprint density at radius 3 is 2.61 bits per heavy atom. The van der Waals surface area contributed by atoms with Gasteiger partial charge in [0.2, 0.25) is 5.95 Å². The van der Waals surface area contributed by atoms with Crippen molar-refractivity contribution in [2.24, 2.45) is 0 Å². The van der Waals surface area contributed by atoms with E-state index < -0.39 is 5.91 Å². The number of nitrogens with zero attached hydrogens (tertiary/aromatic N) is 5. The van der Waals surface area contributed by atoms with Crippen LogP contribution < -0.4 is 10.1 Å². The lowest BCUT2D eigenvalue weighted by Crippen LogP contribution is -2.15. The molecule has 1 amide bonds. The summed E-state index contributed by atoms with van der Waals surface area (Å²) in [5.41, 5.74) is 1.13. The molecule has 0 radical (unpaired) electrons. The van der Waals surface area contributed by atoms with Gasteiger partial charge in [-0.1, -0.05) is 45.2 Å². The van der Waals surface area contributed by atoms with E-state index in [0.29, 0.717) is 22.3 Å². The molecule has 2 aromatic heterocycles. The molecule has 2 heterocycles. The third-order valence-electron chi connectivity index (χ3n) is 4.14. The predicted octanol–water partition coefficient (Wildman–Crippen LogP) is 4.88. The molecular weight excluding hydrogens is 507 g/mol. The summed E-state index contributed by atoms with van der Waals surface area (Å²) in [5, 5.41) is 12.0. The van der Waals surface area contributed by atoms with Gasteiger partial charge < -0.3 is 4.74 Å². The van der Waals surface area contributed by atoms with Gasteiger partial charge in [0.25, 0.3) is 5.91 Å². The number of hydrogen-bond donors (Lipinski definition) is 1. The van der Waals surface area contributed by atoms with E-state index in [9.17, 15) is 4.79 Å². The van der Waals surface area contributed by atoms with Crippen molar-refractivity contribution in [1.29, 1.82) is 0 Å². The fourth-order valence-corrected chi connectivity index (χ4v) is 3.23. The Hall–Kier alpha value is -2.88. The number of carbonyl (C=O) groups is 1. The normalized spacial score (nSPS) is 10.8. The summed E-state index contributed by atoms with van der Waals surface area (Å²) < 4.78 is 9.70. The van der Waals surface area contributed by atoms with Gasteiger partial charge in [0.1, 0.15) is 12.1 Å². The number of halogens is 3. The van der Waals surface area contributed by atoms with Crippen LogP contribution in [0.3, 0.4) is 0 Å². The van der Waals surface area contributed by atoms with Gasteiger partial charge in [-0.05, 0) is 48.0 Å². The third kappa shape index (κ3) is 5.63. The molecule has 8 nitrogen and oxygen atoms in total. The van der Waals surface area contributed by atoms with E-state index in [2.05, 4.69) is 36.4 Å². The first-order valence-electron chi connectivity index (χ1n) is 9.03. The van der Waals surface area contributed by atoms with E-state index in [4.69, 9.17) is 27.9 Å². The zero-order valence-corrected chi connectivity index (χ0v) is 19.0. The molecule has 0 saturated carbocycles. The monoisotopic (exact) mass is 520 g/mol. The first-order valence-corrected chi connectivity index (χ1v) is 10.6. The zero-order valence-electron chi connectivity index (χ0n) is 15.9. The first-order chi connectivity index (χ1) is 15.0. The van der Waals surface area contributed by atoms with E-state index in [0.717, 1.165) is 10.0 Å². The zero-order chi connectivity index (χ0) is 21.8. The second kappa shape index (κ2) is 9.51. The van der Waals surface area contributed by atoms with Crippen LogP contribution in [0.1, 0.15) is 16.1 Å². The summed E-state index contributed by atoms with van der Waals surface area (Å²) in [5.74, 6) is 0.446. The summed E-state index contributed by atoms with van der Waals surface area (Å²) in [6.07, 6.45) is 3.17.